The third kappa shape index (κ3) is 5.53. The van der Waals surface area contributed by atoms with Crippen molar-refractivity contribution < 1.29 is 18.7 Å². The van der Waals surface area contributed by atoms with Crippen LogP contribution in [0, 0.1) is 5.82 Å². The van der Waals surface area contributed by atoms with Gasteiger partial charge in [0.1, 0.15) is 5.82 Å². The number of methoxy groups -OCH3 is 2. The van der Waals surface area contributed by atoms with Gasteiger partial charge in [0.05, 0.1) is 25.1 Å². The van der Waals surface area contributed by atoms with Gasteiger partial charge in [0, 0.05) is 50.9 Å². The van der Waals surface area contributed by atoms with Crippen LogP contribution in [0.4, 0.5) is 10.1 Å². The van der Waals surface area contributed by atoms with Crippen molar-refractivity contribution in [2.24, 2.45) is 0 Å². The molecule has 2 aromatic carbocycles. The van der Waals surface area contributed by atoms with Crippen LogP contribution >= 0.6 is 0 Å². The lowest BCUT2D eigenvalue weighted by molar-refractivity contribution is -0.131. The number of carbonyl (C=O) groups excluding carboxylic acids is 1. The van der Waals surface area contributed by atoms with Crippen molar-refractivity contribution in [2.75, 3.05) is 45.3 Å². The van der Waals surface area contributed by atoms with Gasteiger partial charge in [0.15, 0.2) is 11.5 Å². The van der Waals surface area contributed by atoms with Crippen molar-refractivity contribution in [3.63, 3.8) is 0 Å². The van der Waals surface area contributed by atoms with Gasteiger partial charge in [-0.1, -0.05) is 6.42 Å². The maximum atomic E-state index is 13.1. The summed E-state index contributed by atoms with van der Waals surface area (Å²) < 4.78 is 24.8. The van der Waals surface area contributed by atoms with Crippen LogP contribution in [0.15, 0.2) is 46.0 Å². The molecule has 1 N–H and O–H groups in total. The number of hydrogen-bond donors (Lipinski definition) is 1. The number of amides is 1. The summed E-state index contributed by atoms with van der Waals surface area (Å²) in [5.41, 5.74) is 0.489. The van der Waals surface area contributed by atoms with Crippen molar-refractivity contribution >= 4 is 22.5 Å². The summed E-state index contributed by atoms with van der Waals surface area (Å²) in [4.78, 5) is 44.7. The highest BCUT2D eigenvalue weighted by molar-refractivity contribution is 5.81. The molecule has 4 rings (SSSR count). The number of piperazine rings is 1. The summed E-state index contributed by atoms with van der Waals surface area (Å²) in [5.74, 6) is 0.691. The molecule has 10 heteroatoms. The van der Waals surface area contributed by atoms with Crippen LogP contribution in [0.3, 0.4) is 0 Å². The Kier molecular flexibility index (Phi) is 7.92. The molecule has 1 amide bonds. The van der Waals surface area contributed by atoms with Crippen molar-refractivity contribution in [3.8, 4) is 11.5 Å². The standard InChI is InChI=1S/C26H31FN4O5/c1-35-22-16-20-21(17-23(22)36-2)28-26(34)31(25(20)33)11-5-3-4-6-24(32)30-14-12-29(13-15-30)19-9-7-18(27)8-10-19/h7-10,16-17H,3-6,11-15H2,1-2H3,(H,28,34). The maximum Gasteiger partial charge on any atom is 0.328 e. The number of ether oxygens (including phenoxy) is 2. The van der Waals surface area contributed by atoms with Crippen LogP contribution in [0.1, 0.15) is 25.7 Å². The van der Waals surface area contributed by atoms with Gasteiger partial charge in [0.25, 0.3) is 5.56 Å². The molecule has 0 unspecified atom stereocenters. The van der Waals surface area contributed by atoms with Crippen LogP contribution in [-0.2, 0) is 11.3 Å². The molecule has 0 radical (unpaired) electrons. The first-order chi connectivity index (χ1) is 17.4. The van der Waals surface area contributed by atoms with E-state index >= 15 is 0 Å². The van der Waals surface area contributed by atoms with E-state index in [4.69, 9.17) is 9.47 Å². The van der Waals surface area contributed by atoms with Crippen LogP contribution < -0.4 is 25.6 Å². The minimum Gasteiger partial charge on any atom is -0.493 e. The van der Waals surface area contributed by atoms with E-state index in [2.05, 4.69) is 9.88 Å². The van der Waals surface area contributed by atoms with Crippen molar-refractivity contribution in [3.05, 3.63) is 63.1 Å². The number of aromatic amines is 1. The number of rotatable bonds is 9. The zero-order valence-electron chi connectivity index (χ0n) is 20.6. The predicted octanol–water partition coefficient (Wildman–Crippen LogP) is 2.76. The highest BCUT2D eigenvalue weighted by Crippen LogP contribution is 2.29. The van der Waals surface area contributed by atoms with Gasteiger partial charge < -0.3 is 24.3 Å². The number of nitrogens with one attached hydrogen (secondary N) is 1. The Bertz CT molecular complexity index is 1330. The van der Waals surface area contributed by atoms with Gasteiger partial charge in [-0.2, -0.15) is 0 Å². The first kappa shape index (κ1) is 25.3. The second-order valence-electron chi connectivity index (χ2n) is 8.79. The predicted molar refractivity (Wildman–Crippen MR) is 136 cm³/mol. The zero-order valence-corrected chi connectivity index (χ0v) is 20.6. The Morgan fingerprint density at radius 1 is 0.944 bits per heavy atom. The number of halogens is 1. The van der Waals surface area contributed by atoms with E-state index in [9.17, 15) is 18.8 Å². The number of fused-ring (bicyclic) bond motifs is 1. The van der Waals surface area contributed by atoms with E-state index in [0.717, 1.165) is 12.1 Å². The van der Waals surface area contributed by atoms with Gasteiger partial charge >= 0.3 is 5.69 Å². The smallest absolute Gasteiger partial charge is 0.328 e. The number of nitrogens with zero attached hydrogens (tertiary/aromatic N) is 3. The van der Waals surface area contributed by atoms with E-state index in [1.54, 1.807) is 24.3 Å². The summed E-state index contributed by atoms with van der Waals surface area (Å²) in [6.07, 6.45) is 2.43. The summed E-state index contributed by atoms with van der Waals surface area (Å²) in [7, 11) is 2.97. The largest absolute Gasteiger partial charge is 0.493 e. The number of benzene rings is 2. The quantitative estimate of drug-likeness (QED) is 0.456. The third-order valence-corrected chi connectivity index (χ3v) is 6.58. The summed E-state index contributed by atoms with van der Waals surface area (Å²) in [6.45, 7) is 2.95. The molecular formula is C26H31FN4O5. The van der Waals surface area contributed by atoms with E-state index < -0.39 is 5.69 Å². The average Bonchev–Trinajstić information content (AvgIpc) is 2.89. The van der Waals surface area contributed by atoms with E-state index in [-0.39, 0.29) is 23.8 Å². The number of carbonyl (C=O) groups is 1. The first-order valence-corrected chi connectivity index (χ1v) is 12.1. The monoisotopic (exact) mass is 498 g/mol. The molecule has 192 valence electrons. The lowest BCUT2D eigenvalue weighted by atomic mass is 10.1. The zero-order chi connectivity index (χ0) is 25.7. The average molecular weight is 499 g/mol. The molecule has 0 atom stereocenters. The fourth-order valence-electron chi connectivity index (χ4n) is 4.53. The molecule has 9 nitrogen and oxygen atoms in total. The Hall–Kier alpha value is -3.82. The van der Waals surface area contributed by atoms with E-state index in [1.165, 1.54) is 30.9 Å². The first-order valence-electron chi connectivity index (χ1n) is 12.1. The van der Waals surface area contributed by atoms with Gasteiger partial charge in [-0.25, -0.2) is 9.18 Å². The lowest BCUT2D eigenvalue weighted by Crippen LogP contribution is -2.48. The molecule has 2 heterocycles. The Morgan fingerprint density at radius 2 is 1.61 bits per heavy atom. The Morgan fingerprint density at radius 3 is 2.28 bits per heavy atom. The van der Waals surface area contributed by atoms with Crippen molar-refractivity contribution in [1.82, 2.24) is 14.5 Å². The Labute approximate surface area is 208 Å². The maximum absolute atomic E-state index is 13.1. The molecule has 1 aliphatic rings. The second kappa shape index (κ2) is 11.3. The SMILES string of the molecule is COc1cc2[nH]c(=O)n(CCCCCC(=O)N3CCN(c4ccc(F)cc4)CC3)c(=O)c2cc1OC. The van der Waals surface area contributed by atoms with Crippen LogP contribution in [0.25, 0.3) is 10.9 Å². The normalized spacial score (nSPS) is 13.8. The Balaban J connectivity index is 1.26. The summed E-state index contributed by atoms with van der Waals surface area (Å²) in [6, 6.07) is 9.55. The molecule has 1 fully saturated rings. The van der Waals surface area contributed by atoms with E-state index in [0.29, 0.717) is 67.8 Å². The lowest BCUT2D eigenvalue weighted by Gasteiger charge is -2.36. The van der Waals surface area contributed by atoms with Gasteiger partial charge in [-0.05, 0) is 43.2 Å². The molecular weight excluding hydrogens is 467 g/mol. The summed E-state index contributed by atoms with van der Waals surface area (Å²) in [5, 5.41) is 0.349. The molecule has 0 saturated carbocycles. The molecule has 36 heavy (non-hydrogen) atoms. The molecule has 0 bridgehead atoms. The van der Waals surface area contributed by atoms with Crippen LogP contribution in [-0.4, -0.2) is 60.8 Å². The van der Waals surface area contributed by atoms with Crippen molar-refractivity contribution in [1.29, 1.82) is 0 Å². The highest BCUT2D eigenvalue weighted by Gasteiger charge is 2.21. The fourth-order valence-corrected chi connectivity index (χ4v) is 4.53. The van der Waals surface area contributed by atoms with Crippen LogP contribution in [0.5, 0.6) is 11.5 Å². The molecule has 1 aliphatic heterocycles. The third-order valence-electron chi connectivity index (χ3n) is 6.58. The number of aromatic nitrogens is 2. The highest BCUT2D eigenvalue weighted by atomic mass is 19.1. The van der Waals surface area contributed by atoms with Crippen LogP contribution in [0.2, 0.25) is 0 Å². The van der Waals surface area contributed by atoms with Gasteiger partial charge in [0.2, 0.25) is 5.91 Å². The number of H-pyrrole nitrogens is 1. The molecule has 0 spiro atoms. The van der Waals surface area contributed by atoms with Gasteiger partial charge in [-0.15, -0.1) is 0 Å². The molecule has 0 aliphatic carbocycles. The topological polar surface area (TPSA) is 96.9 Å². The number of hydrogen-bond acceptors (Lipinski definition) is 6. The second-order valence-corrected chi connectivity index (χ2v) is 8.79. The molecule has 1 aromatic heterocycles. The summed E-state index contributed by atoms with van der Waals surface area (Å²) >= 11 is 0. The molecule has 3 aromatic rings. The number of unbranched alkanes of at least 4 members (excludes halogenated alkanes) is 2. The minimum absolute atomic E-state index is 0.107. The fraction of sp³-hybridized carbons (Fsp3) is 0.423. The number of anilines is 1. The van der Waals surface area contributed by atoms with Crippen molar-refractivity contribution in [2.45, 2.75) is 32.2 Å². The van der Waals surface area contributed by atoms with E-state index in [1.807, 2.05) is 4.90 Å². The molecule has 1 saturated heterocycles. The van der Waals surface area contributed by atoms with Gasteiger partial charge in [-0.3, -0.25) is 14.2 Å². The minimum atomic E-state index is -0.477.